The third kappa shape index (κ3) is 2.29. The Morgan fingerprint density at radius 1 is 1.38 bits per heavy atom. The summed E-state index contributed by atoms with van der Waals surface area (Å²) in [5.74, 6) is 0.615. The standard InChI is InChI=1S/C18H14N2O5S/c1-8-13(18(21)22-2)15-16(26-8)14(10(6-19)17(20)25-15)9-3-4-11-12(5-9)24-7-23-11/h3-5,14H,7,20H2,1-2H3/t14-/m0/s1. The molecule has 2 N–H and O–H groups in total. The van der Waals surface area contributed by atoms with E-state index in [1.165, 1.54) is 18.4 Å². The molecular weight excluding hydrogens is 356 g/mol. The van der Waals surface area contributed by atoms with Crippen LogP contribution in [0.4, 0.5) is 0 Å². The predicted molar refractivity (Wildman–Crippen MR) is 92.3 cm³/mol. The van der Waals surface area contributed by atoms with Crippen LogP contribution in [0.2, 0.25) is 0 Å². The Kier molecular flexibility index (Phi) is 3.74. The van der Waals surface area contributed by atoms with Gasteiger partial charge in [-0.05, 0) is 24.6 Å². The minimum Gasteiger partial charge on any atom is -0.465 e. The molecule has 0 bridgehead atoms. The van der Waals surface area contributed by atoms with Gasteiger partial charge in [0, 0.05) is 4.88 Å². The lowest BCUT2D eigenvalue weighted by Gasteiger charge is -2.24. The summed E-state index contributed by atoms with van der Waals surface area (Å²) in [4.78, 5) is 13.6. The van der Waals surface area contributed by atoms with Crippen molar-refractivity contribution in [3.63, 3.8) is 0 Å². The number of nitrogens with zero attached hydrogens (tertiary/aromatic N) is 1. The Labute approximate surface area is 153 Å². The van der Waals surface area contributed by atoms with Crippen LogP contribution in [0.25, 0.3) is 0 Å². The molecule has 26 heavy (non-hydrogen) atoms. The smallest absolute Gasteiger partial charge is 0.342 e. The number of nitriles is 1. The van der Waals surface area contributed by atoms with Gasteiger partial charge in [0.25, 0.3) is 0 Å². The summed E-state index contributed by atoms with van der Waals surface area (Å²) in [6.07, 6.45) is 0. The molecular formula is C18H14N2O5S. The number of benzene rings is 1. The summed E-state index contributed by atoms with van der Waals surface area (Å²) >= 11 is 1.38. The maximum absolute atomic E-state index is 12.2. The van der Waals surface area contributed by atoms with Crippen molar-refractivity contribution in [2.24, 2.45) is 5.73 Å². The quantitative estimate of drug-likeness (QED) is 0.811. The normalized spacial score (nSPS) is 17.3. The first-order chi connectivity index (χ1) is 12.5. The Bertz CT molecular complexity index is 1000. The lowest BCUT2D eigenvalue weighted by Crippen LogP contribution is -2.21. The highest BCUT2D eigenvalue weighted by Crippen LogP contribution is 2.50. The third-order valence-corrected chi connectivity index (χ3v) is 5.49. The van der Waals surface area contributed by atoms with Crippen LogP contribution in [-0.2, 0) is 4.74 Å². The van der Waals surface area contributed by atoms with Crippen molar-refractivity contribution in [3.8, 4) is 23.3 Å². The first-order valence-corrected chi connectivity index (χ1v) is 8.55. The number of carbonyl (C=O) groups is 1. The lowest BCUT2D eigenvalue weighted by atomic mass is 9.88. The summed E-state index contributed by atoms with van der Waals surface area (Å²) < 4.78 is 21.3. The van der Waals surface area contributed by atoms with Crippen LogP contribution in [0.15, 0.2) is 29.7 Å². The van der Waals surface area contributed by atoms with E-state index in [1.807, 2.05) is 12.1 Å². The number of nitrogens with two attached hydrogens (primary N) is 1. The van der Waals surface area contributed by atoms with Crippen molar-refractivity contribution in [1.29, 1.82) is 5.26 Å². The molecule has 2 aromatic rings. The van der Waals surface area contributed by atoms with Crippen molar-refractivity contribution < 1.29 is 23.7 Å². The minimum absolute atomic E-state index is 0.0226. The Morgan fingerprint density at radius 2 is 2.15 bits per heavy atom. The third-order valence-electron chi connectivity index (χ3n) is 4.33. The van der Waals surface area contributed by atoms with Gasteiger partial charge in [-0.1, -0.05) is 6.07 Å². The molecule has 0 amide bonds. The summed E-state index contributed by atoms with van der Waals surface area (Å²) in [7, 11) is 1.31. The van der Waals surface area contributed by atoms with E-state index in [2.05, 4.69) is 6.07 Å². The van der Waals surface area contributed by atoms with E-state index in [9.17, 15) is 10.1 Å². The van der Waals surface area contributed by atoms with Gasteiger partial charge in [-0.25, -0.2) is 4.79 Å². The van der Waals surface area contributed by atoms with E-state index >= 15 is 0 Å². The zero-order chi connectivity index (χ0) is 18.4. The van der Waals surface area contributed by atoms with Gasteiger partial charge in [-0.2, -0.15) is 5.26 Å². The van der Waals surface area contributed by atoms with Crippen LogP contribution in [0.3, 0.4) is 0 Å². The number of thiophene rings is 1. The number of hydrogen-bond donors (Lipinski definition) is 1. The number of fused-ring (bicyclic) bond motifs is 2. The van der Waals surface area contributed by atoms with Crippen molar-refractivity contribution in [3.05, 3.63) is 50.5 Å². The molecule has 0 unspecified atom stereocenters. The Morgan fingerprint density at radius 3 is 2.88 bits per heavy atom. The molecule has 0 saturated carbocycles. The van der Waals surface area contributed by atoms with Gasteiger partial charge in [-0.15, -0.1) is 11.3 Å². The zero-order valence-corrected chi connectivity index (χ0v) is 14.8. The van der Waals surface area contributed by atoms with Gasteiger partial charge < -0.3 is 24.7 Å². The van der Waals surface area contributed by atoms with E-state index in [1.54, 1.807) is 13.0 Å². The Hall–Kier alpha value is -3.18. The number of aryl methyl sites for hydroxylation is 1. The molecule has 4 rings (SSSR count). The van der Waals surface area contributed by atoms with Crippen molar-refractivity contribution >= 4 is 17.3 Å². The van der Waals surface area contributed by atoms with Gasteiger partial charge in [0.2, 0.25) is 12.7 Å². The molecule has 0 spiro atoms. The molecule has 2 aliphatic rings. The second-order valence-electron chi connectivity index (χ2n) is 5.76. The number of hydrogen-bond acceptors (Lipinski definition) is 8. The van der Waals surface area contributed by atoms with Gasteiger partial charge in [-0.3, -0.25) is 0 Å². The second kappa shape index (κ2) is 5.97. The van der Waals surface area contributed by atoms with Crippen LogP contribution in [0.1, 0.15) is 31.6 Å². The fourth-order valence-corrected chi connectivity index (χ4v) is 4.36. The molecule has 1 aromatic heterocycles. The van der Waals surface area contributed by atoms with Crippen LogP contribution in [0, 0.1) is 18.3 Å². The number of carbonyl (C=O) groups excluding carboxylic acids is 1. The summed E-state index contributed by atoms with van der Waals surface area (Å²) in [5, 5.41) is 9.63. The summed E-state index contributed by atoms with van der Waals surface area (Å²) in [6, 6.07) is 7.59. The Balaban J connectivity index is 1.92. The molecule has 3 heterocycles. The molecule has 0 aliphatic carbocycles. The molecule has 1 atom stereocenters. The van der Waals surface area contributed by atoms with Gasteiger partial charge >= 0.3 is 5.97 Å². The number of ether oxygens (including phenoxy) is 4. The molecule has 1 aromatic carbocycles. The monoisotopic (exact) mass is 370 g/mol. The maximum Gasteiger partial charge on any atom is 0.342 e. The molecule has 0 fully saturated rings. The van der Waals surface area contributed by atoms with Crippen LogP contribution >= 0.6 is 11.3 Å². The van der Waals surface area contributed by atoms with E-state index in [0.717, 1.165) is 15.3 Å². The molecule has 0 radical (unpaired) electrons. The van der Waals surface area contributed by atoms with E-state index in [0.29, 0.717) is 22.8 Å². The van der Waals surface area contributed by atoms with Gasteiger partial charge in [0.05, 0.1) is 17.9 Å². The number of allylic oxidation sites excluding steroid dienone is 1. The van der Waals surface area contributed by atoms with Crippen molar-refractivity contribution in [2.45, 2.75) is 12.8 Å². The fourth-order valence-electron chi connectivity index (χ4n) is 3.14. The van der Waals surface area contributed by atoms with Crippen molar-refractivity contribution in [2.75, 3.05) is 13.9 Å². The number of esters is 1. The first-order valence-electron chi connectivity index (χ1n) is 7.73. The minimum atomic E-state index is -0.502. The highest BCUT2D eigenvalue weighted by atomic mass is 32.1. The van der Waals surface area contributed by atoms with E-state index in [4.69, 9.17) is 24.7 Å². The average Bonchev–Trinajstić information content (AvgIpc) is 3.22. The van der Waals surface area contributed by atoms with E-state index in [-0.39, 0.29) is 18.2 Å². The number of methoxy groups -OCH3 is 1. The molecule has 8 heteroatoms. The summed E-state index contributed by atoms with van der Waals surface area (Å²) in [5.41, 5.74) is 7.42. The zero-order valence-electron chi connectivity index (χ0n) is 14.0. The lowest BCUT2D eigenvalue weighted by molar-refractivity contribution is 0.0597. The van der Waals surface area contributed by atoms with Gasteiger partial charge in [0.1, 0.15) is 17.2 Å². The molecule has 7 nitrogen and oxygen atoms in total. The van der Waals surface area contributed by atoms with E-state index < -0.39 is 11.9 Å². The molecule has 132 valence electrons. The fraction of sp³-hybridized carbons (Fsp3) is 0.222. The molecule has 2 aliphatic heterocycles. The molecule has 0 saturated heterocycles. The maximum atomic E-state index is 12.2. The van der Waals surface area contributed by atoms with Crippen molar-refractivity contribution in [1.82, 2.24) is 0 Å². The predicted octanol–water partition coefficient (Wildman–Crippen LogP) is 2.79. The largest absolute Gasteiger partial charge is 0.465 e. The highest BCUT2D eigenvalue weighted by molar-refractivity contribution is 7.12. The van der Waals surface area contributed by atoms with Crippen LogP contribution in [-0.4, -0.2) is 19.9 Å². The average molecular weight is 370 g/mol. The first kappa shape index (κ1) is 16.3. The topological polar surface area (TPSA) is 104 Å². The van der Waals surface area contributed by atoms with Crippen LogP contribution in [0.5, 0.6) is 17.2 Å². The second-order valence-corrected chi connectivity index (χ2v) is 7.01. The van der Waals surface area contributed by atoms with Gasteiger partial charge in [0.15, 0.2) is 17.2 Å². The number of rotatable bonds is 2. The van der Waals surface area contributed by atoms with Crippen LogP contribution < -0.4 is 19.9 Å². The summed E-state index contributed by atoms with van der Waals surface area (Å²) in [6.45, 7) is 1.96. The SMILES string of the molecule is COC(=O)c1c(C)sc2c1OC(N)=C(C#N)[C@@H]2c1ccc2c(c1)OCO2. The highest BCUT2D eigenvalue weighted by Gasteiger charge is 2.37.